The highest BCUT2D eigenvalue weighted by Crippen LogP contribution is 2.22. The van der Waals surface area contributed by atoms with E-state index in [2.05, 4.69) is 0 Å². The minimum absolute atomic E-state index is 0.169. The van der Waals surface area contributed by atoms with Crippen molar-refractivity contribution >= 4 is 16.4 Å². The van der Waals surface area contributed by atoms with Gasteiger partial charge < -0.3 is 0 Å². The first-order valence-electron chi connectivity index (χ1n) is 5.90. The molecular weight excluding hydrogens is 248 g/mol. The lowest BCUT2D eigenvalue weighted by atomic mass is 10.1. The van der Waals surface area contributed by atoms with Crippen molar-refractivity contribution in [1.82, 2.24) is 4.31 Å². The van der Waals surface area contributed by atoms with Crippen molar-refractivity contribution < 1.29 is 13.0 Å². The van der Waals surface area contributed by atoms with Crippen LogP contribution in [0.15, 0.2) is 29.2 Å². The van der Waals surface area contributed by atoms with Crippen molar-refractivity contribution in [3.63, 3.8) is 0 Å². The van der Waals surface area contributed by atoms with Crippen LogP contribution in [0.5, 0.6) is 0 Å². The van der Waals surface area contributed by atoms with Gasteiger partial charge in [-0.3, -0.25) is 4.58 Å². The fraction of sp³-hybridized carbons (Fsp3) is 0.462. The molecule has 0 fully saturated rings. The normalized spacial score (nSPS) is 18.9. The third kappa shape index (κ3) is 2.14. The molecule has 0 unspecified atom stereocenters. The molecule has 1 aromatic carbocycles. The van der Waals surface area contributed by atoms with Crippen LogP contribution in [0.3, 0.4) is 0 Å². The van der Waals surface area contributed by atoms with Crippen LogP contribution >= 0.6 is 0 Å². The van der Waals surface area contributed by atoms with Gasteiger partial charge in [-0.25, -0.2) is 0 Å². The van der Waals surface area contributed by atoms with Crippen molar-refractivity contribution in [3.8, 4) is 0 Å². The topological polar surface area (TPSA) is 40.4 Å². The summed E-state index contributed by atoms with van der Waals surface area (Å²) < 4.78 is 28.2. The lowest BCUT2D eigenvalue weighted by Crippen LogP contribution is -2.37. The number of nitrogens with zero attached hydrogens (tertiary/aromatic N) is 2. The van der Waals surface area contributed by atoms with E-state index in [1.807, 2.05) is 44.5 Å². The van der Waals surface area contributed by atoms with E-state index in [0.717, 1.165) is 5.56 Å². The number of hydrogen-bond donors (Lipinski definition) is 0. The molecule has 1 heterocycles. The molecule has 98 valence electrons. The minimum atomic E-state index is -3.42. The van der Waals surface area contributed by atoms with Crippen molar-refractivity contribution in [2.75, 3.05) is 13.6 Å². The fourth-order valence-corrected chi connectivity index (χ4v) is 3.38. The Balaban J connectivity index is 2.37. The molecule has 0 aliphatic carbocycles. The van der Waals surface area contributed by atoms with E-state index >= 15 is 0 Å². The molecule has 0 saturated carbocycles. The van der Waals surface area contributed by atoms with Crippen molar-refractivity contribution in [1.29, 1.82) is 0 Å². The van der Waals surface area contributed by atoms with Gasteiger partial charge in [0.25, 0.3) is 0 Å². The van der Waals surface area contributed by atoms with E-state index < -0.39 is 10.0 Å². The average Bonchev–Trinajstić information content (AvgIpc) is 2.55. The molecule has 4 nitrogen and oxygen atoms in total. The van der Waals surface area contributed by atoms with Crippen molar-refractivity contribution in [2.24, 2.45) is 0 Å². The van der Waals surface area contributed by atoms with E-state index in [-0.39, 0.29) is 5.54 Å². The van der Waals surface area contributed by atoms with Gasteiger partial charge in [0.05, 0.1) is 7.05 Å². The zero-order valence-electron chi connectivity index (χ0n) is 11.2. The number of likely N-dealkylation sites (N-methyl/N-ethyl adjacent to an activating group) is 1. The van der Waals surface area contributed by atoms with Gasteiger partial charge in [-0.05, 0) is 32.9 Å². The molecule has 0 amide bonds. The summed E-state index contributed by atoms with van der Waals surface area (Å²) in [5, 5.41) is 0. The third-order valence-corrected chi connectivity index (χ3v) is 5.14. The summed E-state index contributed by atoms with van der Waals surface area (Å²) >= 11 is 0. The first-order valence-corrected chi connectivity index (χ1v) is 7.34. The van der Waals surface area contributed by atoms with Crippen LogP contribution in [0.1, 0.15) is 19.4 Å². The van der Waals surface area contributed by atoms with Crippen LogP contribution in [0.4, 0.5) is 0 Å². The Morgan fingerprint density at radius 2 is 1.78 bits per heavy atom. The molecule has 0 spiro atoms. The molecule has 0 atom stereocenters. The molecule has 1 aliphatic heterocycles. The summed E-state index contributed by atoms with van der Waals surface area (Å²) in [7, 11) is -1.53. The largest absolute Gasteiger partial charge is 0.330 e. The molecule has 1 aliphatic rings. The maximum absolute atomic E-state index is 12.4. The van der Waals surface area contributed by atoms with Crippen molar-refractivity contribution in [2.45, 2.75) is 31.2 Å². The zero-order valence-corrected chi connectivity index (χ0v) is 12.0. The molecular formula is C13H19N2O2S+. The van der Waals surface area contributed by atoms with Gasteiger partial charge in [-0.2, -0.15) is 12.7 Å². The number of rotatable bonds is 2. The second-order valence-corrected chi connectivity index (χ2v) is 7.29. The van der Waals surface area contributed by atoms with E-state index in [1.54, 1.807) is 18.5 Å². The van der Waals surface area contributed by atoms with E-state index in [0.29, 0.717) is 11.4 Å². The Hall–Kier alpha value is -1.36. The van der Waals surface area contributed by atoms with Gasteiger partial charge >= 0.3 is 10.0 Å². The Bertz CT molecular complexity index is 586. The lowest BCUT2D eigenvalue weighted by Gasteiger charge is -2.16. The second kappa shape index (κ2) is 4.09. The summed E-state index contributed by atoms with van der Waals surface area (Å²) in [4.78, 5) is 0.343. The van der Waals surface area contributed by atoms with Gasteiger partial charge in [-0.1, -0.05) is 17.7 Å². The molecule has 2 rings (SSSR count). The van der Waals surface area contributed by atoms with Gasteiger partial charge in [0.2, 0.25) is 6.34 Å². The Labute approximate surface area is 109 Å². The molecule has 5 heteroatoms. The highest BCUT2D eigenvalue weighted by molar-refractivity contribution is 7.89. The molecule has 0 radical (unpaired) electrons. The van der Waals surface area contributed by atoms with Crippen LogP contribution in [-0.2, 0) is 10.0 Å². The highest BCUT2D eigenvalue weighted by atomic mass is 32.2. The quantitative estimate of drug-likeness (QED) is 0.761. The number of aryl methyl sites for hydroxylation is 1. The van der Waals surface area contributed by atoms with Gasteiger partial charge in [0.1, 0.15) is 17.0 Å². The molecule has 0 N–H and O–H groups in total. The zero-order chi connectivity index (χ0) is 13.6. The smallest absolute Gasteiger partial charge is 0.261 e. The average molecular weight is 267 g/mol. The predicted molar refractivity (Wildman–Crippen MR) is 71.4 cm³/mol. The van der Waals surface area contributed by atoms with Crippen LogP contribution in [-0.4, -0.2) is 42.8 Å². The first-order chi connectivity index (χ1) is 8.23. The Morgan fingerprint density at radius 3 is 2.22 bits per heavy atom. The summed E-state index contributed by atoms with van der Waals surface area (Å²) in [6.07, 6.45) is 1.66. The SMILES string of the molecule is Cc1ccc(S(=O)(=O)N2C=[N+](C)C(C)(C)C2)cc1. The minimum Gasteiger partial charge on any atom is -0.261 e. The fourth-order valence-electron chi connectivity index (χ4n) is 1.88. The first kappa shape index (κ1) is 13.1. The Morgan fingerprint density at radius 1 is 1.22 bits per heavy atom. The van der Waals surface area contributed by atoms with E-state index in [4.69, 9.17) is 0 Å². The summed E-state index contributed by atoms with van der Waals surface area (Å²) in [6.45, 7) is 6.46. The summed E-state index contributed by atoms with van der Waals surface area (Å²) in [6, 6.07) is 6.95. The van der Waals surface area contributed by atoms with Crippen molar-refractivity contribution in [3.05, 3.63) is 29.8 Å². The highest BCUT2D eigenvalue weighted by Gasteiger charge is 2.42. The van der Waals surface area contributed by atoms with E-state index in [9.17, 15) is 8.42 Å². The molecule has 18 heavy (non-hydrogen) atoms. The number of sulfonamides is 1. The van der Waals surface area contributed by atoms with Crippen LogP contribution in [0.25, 0.3) is 0 Å². The van der Waals surface area contributed by atoms with Gasteiger partial charge in [0, 0.05) is 0 Å². The second-order valence-electron chi connectivity index (χ2n) is 5.40. The molecule has 0 bridgehead atoms. The van der Waals surface area contributed by atoms with Crippen LogP contribution < -0.4 is 0 Å². The predicted octanol–water partition coefficient (Wildman–Crippen LogP) is 1.45. The monoisotopic (exact) mass is 267 g/mol. The molecule has 1 aromatic rings. The van der Waals surface area contributed by atoms with Gasteiger partial charge in [0.15, 0.2) is 0 Å². The van der Waals surface area contributed by atoms with E-state index in [1.165, 1.54) is 4.31 Å². The Kier molecular flexibility index (Phi) is 2.97. The molecule has 0 aromatic heterocycles. The lowest BCUT2D eigenvalue weighted by molar-refractivity contribution is -0.559. The number of benzene rings is 1. The summed E-state index contributed by atoms with van der Waals surface area (Å²) in [5.41, 5.74) is 0.884. The third-order valence-electron chi connectivity index (χ3n) is 3.43. The van der Waals surface area contributed by atoms with Crippen LogP contribution in [0, 0.1) is 6.92 Å². The summed E-state index contributed by atoms with van der Waals surface area (Å²) in [5.74, 6) is 0. The number of hydrogen-bond acceptors (Lipinski definition) is 2. The standard InChI is InChI=1S/C13H19N2O2S/c1-11-5-7-12(8-6-11)18(16,17)15-9-13(2,3)14(4)10-15/h5-8,10H,9H2,1-4H3/q+1. The maximum Gasteiger partial charge on any atom is 0.330 e. The maximum atomic E-state index is 12.4. The molecule has 0 saturated heterocycles. The van der Waals surface area contributed by atoms with Gasteiger partial charge in [-0.15, -0.1) is 0 Å². The van der Waals surface area contributed by atoms with Crippen LogP contribution in [0.2, 0.25) is 0 Å².